The largest absolute Gasteiger partial charge is 0.300 e. The van der Waals surface area contributed by atoms with E-state index in [0.29, 0.717) is 10.9 Å². The Morgan fingerprint density at radius 2 is 2.25 bits per heavy atom. The van der Waals surface area contributed by atoms with E-state index in [0.717, 1.165) is 5.56 Å². The fraction of sp³-hybridized carbons (Fsp3) is 0.222. The molecular weight excluding hydrogens is 223 g/mol. The highest BCUT2D eigenvalue weighted by Crippen LogP contribution is 2.17. The van der Waals surface area contributed by atoms with Crippen molar-refractivity contribution in [2.24, 2.45) is 0 Å². The first-order chi connectivity index (χ1) is 5.59. The van der Waals surface area contributed by atoms with Gasteiger partial charge < -0.3 is 0 Å². The lowest BCUT2D eigenvalue weighted by molar-refractivity contribution is -0.116. The van der Waals surface area contributed by atoms with Gasteiger partial charge in [0.25, 0.3) is 0 Å². The third-order valence-electron chi connectivity index (χ3n) is 1.44. The van der Waals surface area contributed by atoms with Crippen LogP contribution >= 0.6 is 15.9 Å². The predicted molar refractivity (Wildman–Crippen MR) is 48.5 cm³/mol. The number of benzene rings is 1. The highest BCUT2D eigenvalue weighted by molar-refractivity contribution is 9.10. The number of carbonyl (C=O) groups excluding carboxylic acids is 1. The molecule has 0 spiro atoms. The topological polar surface area (TPSA) is 17.1 Å². The Hall–Kier alpha value is -0.700. The average molecular weight is 231 g/mol. The molecule has 1 aromatic carbocycles. The molecule has 0 unspecified atom stereocenters. The van der Waals surface area contributed by atoms with Crippen LogP contribution in [0.5, 0.6) is 0 Å². The van der Waals surface area contributed by atoms with E-state index < -0.39 is 0 Å². The Bertz CT molecular complexity index is 309. The summed E-state index contributed by atoms with van der Waals surface area (Å²) in [6, 6.07) is 4.58. The van der Waals surface area contributed by atoms with Crippen molar-refractivity contribution in [3.8, 4) is 0 Å². The minimum absolute atomic E-state index is 0.0773. The number of hydrogen-bond donors (Lipinski definition) is 0. The molecule has 0 bridgehead atoms. The molecule has 0 atom stereocenters. The van der Waals surface area contributed by atoms with Crippen LogP contribution in [0.4, 0.5) is 4.39 Å². The molecule has 0 N–H and O–H groups in total. The minimum Gasteiger partial charge on any atom is -0.300 e. The molecule has 3 heteroatoms. The summed E-state index contributed by atoms with van der Waals surface area (Å²) in [7, 11) is 0. The highest BCUT2D eigenvalue weighted by atomic mass is 79.9. The Balaban J connectivity index is 2.89. The van der Waals surface area contributed by atoms with Gasteiger partial charge in [-0.2, -0.15) is 0 Å². The molecule has 0 saturated carbocycles. The predicted octanol–water partition coefficient (Wildman–Crippen LogP) is 2.72. The standard InChI is InChI=1S/C9H8BrFO/c1-6(12)4-7-2-3-9(11)8(10)5-7/h2-3,5H,4H2,1H3. The molecular formula is C9H8BrFO. The van der Waals surface area contributed by atoms with Gasteiger partial charge in [0.15, 0.2) is 0 Å². The monoisotopic (exact) mass is 230 g/mol. The maximum absolute atomic E-state index is 12.7. The van der Waals surface area contributed by atoms with Gasteiger partial charge in [0, 0.05) is 6.42 Å². The molecule has 0 fully saturated rings. The summed E-state index contributed by atoms with van der Waals surface area (Å²) in [4.78, 5) is 10.7. The normalized spacial score (nSPS) is 9.92. The van der Waals surface area contributed by atoms with Crippen LogP contribution in [0.25, 0.3) is 0 Å². The second-order valence-corrected chi connectivity index (χ2v) is 3.48. The van der Waals surface area contributed by atoms with Crippen molar-refractivity contribution in [3.63, 3.8) is 0 Å². The summed E-state index contributed by atoms with van der Waals surface area (Å²) in [5.74, 6) is -0.226. The molecule has 64 valence electrons. The number of rotatable bonds is 2. The fourth-order valence-electron chi connectivity index (χ4n) is 0.937. The summed E-state index contributed by atoms with van der Waals surface area (Å²) in [6.45, 7) is 1.51. The molecule has 1 aromatic rings. The van der Waals surface area contributed by atoms with Gasteiger partial charge in [0.2, 0.25) is 0 Å². The van der Waals surface area contributed by atoms with Crippen molar-refractivity contribution in [2.75, 3.05) is 0 Å². The van der Waals surface area contributed by atoms with Crippen LogP contribution in [-0.4, -0.2) is 5.78 Å². The maximum Gasteiger partial charge on any atom is 0.137 e. The summed E-state index contributed by atoms with van der Waals surface area (Å²) in [6.07, 6.45) is 0.360. The minimum atomic E-state index is -0.303. The van der Waals surface area contributed by atoms with E-state index in [1.165, 1.54) is 13.0 Å². The van der Waals surface area contributed by atoms with Crippen LogP contribution in [-0.2, 0) is 11.2 Å². The van der Waals surface area contributed by atoms with E-state index in [1.54, 1.807) is 12.1 Å². The molecule has 0 aliphatic rings. The molecule has 1 nitrogen and oxygen atoms in total. The zero-order valence-electron chi connectivity index (χ0n) is 6.60. The fourth-order valence-corrected chi connectivity index (χ4v) is 1.36. The van der Waals surface area contributed by atoms with Gasteiger partial charge in [-0.05, 0) is 40.5 Å². The van der Waals surface area contributed by atoms with Crippen LogP contribution in [0.2, 0.25) is 0 Å². The molecule has 0 aliphatic heterocycles. The lowest BCUT2D eigenvalue weighted by Crippen LogP contribution is -1.96. The Morgan fingerprint density at radius 3 is 2.75 bits per heavy atom. The number of Topliss-reactive ketones (excluding diaryl/α,β-unsaturated/α-hetero) is 1. The smallest absolute Gasteiger partial charge is 0.137 e. The number of halogens is 2. The van der Waals surface area contributed by atoms with Crippen molar-refractivity contribution in [3.05, 3.63) is 34.1 Å². The van der Waals surface area contributed by atoms with Gasteiger partial charge in [-0.25, -0.2) is 4.39 Å². The van der Waals surface area contributed by atoms with Crippen LogP contribution < -0.4 is 0 Å². The quantitative estimate of drug-likeness (QED) is 0.764. The number of carbonyl (C=O) groups is 1. The zero-order valence-corrected chi connectivity index (χ0v) is 8.19. The van der Waals surface area contributed by atoms with Crippen LogP contribution in [0.15, 0.2) is 22.7 Å². The van der Waals surface area contributed by atoms with Gasteiger partial charge in [0.1, 0.15) is 11.6 Å². The van der Waals surface area contributed by atoms with Crippen molar-refractivity contribution >= 4 is 21.7 Å². The first kappa shape index (κ1) is 9.39. The molecule has 0 aromatic heterocycles. The third kappa shape index (κ3) is 2.41. The zero-order chi connectivity index (χ0) is 9.14. The van der Waals surface area contributed by atoms with E-state index in [4.69, 9.17) is 0 Å². The van der Waals surface area contributed by atoms with Crippen LogP contribution in [0, 0.1) is 5.82 Å². The van der Waals surface area contributed by atoms with Crippen molar-refractivity contribution < 1.29 is 9.18 Å². The Morgan fingerprint density at radius 1 is 1.58 bits per heavy atom. The molecule has 12 heavy (non-hydrogen) atoms. The molecule has 0 aliphatic carbocycles. The van der Waals surface area contributed by atoms with E-state index in [2.05, 4.69) is 15.9 Å². The number of ketones is 1. The van der Waals surface area contributed by atoms with Gasteiger partial charge in [-0.1, -0.05) is 6.07 Å². The molecule has 0 saturated heterocycles. The van der Waals surface area contributed by atoms with E-state index in [-0.39, 0.29) is 11.6 Å². The summed E-state index contributed by atoms with van der Waals surface area (Å²) in [5, 5.41) is 0. The maximum atomic E-state index is 12.7. The summed E-state index contributed by atoms with van der Waals surface area (Å²) < 4.78 is 13.1. The van der Waals surface area contributed by atoms with Gasteiger partial charge >= 0.3 is 0 Å². The molecule has 1 rings (SSSR count). The Labute approximate surface area is 78.7 Å². The first-order valence-electron chi connectivity index (χ1n) is 3.53. The summed E-state index contributed by atoms with van der Waals surface area (Å²) in [5.41, 5.74) is 0.829. The van der Waals surface area contributed by atoms with Crippen LogP contribution in [0.1, 0.15) is 12.5 Å². The molecule has 0 heterocycles. The van der Waals surface area contributed by atoms with Gasteiger partial charge in [-0.15, -0.1) is 0 Å². The Kier molecular flexibility index (Phi) is 2.98. The third-order valence-corrected chi connectivity index (χ3v) is 2.04. The second-order valence-electron chi connectivity index (χ2n) is 2.63. The molecule has 0 amide bonds. The van der Waals surface area contributed by atoms with Crippen molar-refractivity contribution in [1.82, 2.24) is 0 Å². The lowest BCUT2D eigenvalue weighted by Gasteiger charge is -1.98. The molecule has 0 radical (unpaired) electrons. The average Bonchev–Trinajstić information content (AvgIpc) is 1.96. The van der Waals surface area contributed by atoms with E-state index in [9.17, 15) is 9.18 Å². The second kappa shape index (κ2) is 3.81. The highest BCUT2D eigenvalue weighted by Gasteiger charge is 2.01. The van der Waals surface area contributed by atoms with Gasteiger partial charge in [-0.3, -0.25) is 4.79 Å². The van der Waals surface area contributed by atoms with Gasteiger partial charge in [0.05, 0.1) is 4.47 Å². The van der Waals surface area contributed by atoms with E-state index in [1.807, 2.05) is 0 Å². The summed E-state index contributed by atoms with van der Waals surface area (Å²) >= 11 is 3.05. The van der Waals surface area contributed by atoms with Crippen molar-refractivity contribution in [1.29, 1.82) is 0 Å². The van der Waals surface area contributed by atoms with E-state index >= 15 is 0 Å². The van der Waals surface area contributed by atoms with Crippen molar-refractivity contribution in [2.45, 2.75) is 13.3 Å². The number of hydrogen-bond acceptors (Lipinski definition) is 1. The lowest BCUT2D eigenvalue weighted by atomic mass is 10.1. The first-order valence-corrected chi connectivity index (χ1v) is 4.32. The SMILES string of the molecule is CC(=O)Cc1ccc(F)c(Br)c1. The van der Waals surface area contributed by atoms with Crippen LogP contribution in [0.3, 0.4) is 0 Å².